The molecule has 0 amide bonds. The standard InChI is InChI=1S/C44H47F9O/c1-2-3-4-5-6-7-8-9-10-11-12-13-28-14-16-29(17-15-28)30-18-20-34(36(45)22-30)31-19-21-35(37(46)23-31)32-24-38(47)42(39(48)25-32)44(52,53)54-33-26-40(49)43(51)41(50)27-33/h18-29H,2-17H2,1H3. The highest BCUT2D eigenvalue weighted by Crippen LogP contribution is 2.41. The number of rotatable bonds is 18. The van der Waals surface area contributed by atoms with Gasteiger partial charge in [-0.2, -0.15) is 8.78 Å². The van der Waals surface area contributed by atoms with Crippen molar-refractivity contribution in [1.82, 2.24) is 0 Å². The first-order valence-corrected chi connectivity index (χ1v) is 19.2. The van der Waals surface area contributed by atoms with Gasteiger partial charge in [0.2, 0.25) is 0 Å². The number of hydrogen-bond donors (Lipinski definition) is 0. The van der Waals surface area contributed by atoms with Gasteiger partial charge >= 0.3 is 6.11 Å². The summed E-state index contributed by atoms with van der Waals surface area (Å²) in [4.78, 5) is 0. The van der Waals surface area contributed by atoms with Crippen LogP contribution in [-0.2, 0) is 6.11 Å². The molecule has 292 valence electrons. The lowest BCUT2D eigenvalue weighted by Gasteiger charge is -2.29. The molecule has 0 spiro atoms. The van der Waals surface area contributed by atoms with Crippen LogP contribution in [0, 0.1) is 46.6 Å². The molecule has 1 saturated carbocycles. The van der Waals surface area contributed by atoms with Crippen LogP contribution in [0.4, 0.5) is 39.5 Å². The summed E-state index contributed by atoms with van der Waals surface area (Å²) in [7, 11) is 0. The Morgan fingerprint density at radius 1 is 0.537 bits per heavy atom. The summed E-state index contributed by atoms with van der Waals surface area (Å²) in [5, 5.41) is 0. The fraction of sp³-hybridized carbons (Fsp3) is 0.455. The molecular formula is C44H47F9O. The molecule has 1 aliphatic carbocycles. The second-order valence-corrected chi connectivity index (χ2v) is 14.6. The maximum atomic E-state index is 15.4. The third-order valence-corrected chi connectivity index (χ3v) is 10.7. The second-order valence-electron chi connectivity index (χ2n) is 14.6. The summed E-state index contributed by atoms with van der Waals surface area (Å²) in [5.74, 6) is -11.1. The number of benzene rings is 4. The van der Waals surface area contributed by atoms with Crippen molar-refractivity contribution in [1.29, 1.82) is 0 Å². The highest BCUT2D eigenvalue weighted by molar-refractivity contribution is 5.72. The first kappa shape index (κ1) is 41.2. The Morgan fingerprint density at radius 3 is 1.59 bits per heavy atom. The lowest BCUT2D eigenvalue weighted by molar-refractivity contribution is -0.189. The molecule has 4 aromatic carbocycles. The van der Waals surface area contributed by atoms with E-state index in [1.165, 1.54) is 89.2 Å². The predicted octanol–water partition coefficient (Wildman–Crippen LogP) is 15.1. The van der Waals surface area contributed by atoms with E-state index < -0.39 is 63.7 Å². The fourth-order valence-electron chi connectivity index (χ4n) is 7.61. The number of unbranched alkanes of at least 4 members (excludes halogenated alkanes) is 10. The van der Waals surface area contributed by atoms with E-state index in [4.69, 9.17) is 0 Å². The van der Waals surface area contributed by atoms with Crippen LogP contribution in [0.2, 0.25) is 0 Å². The summed E-state index contributed by atoms with van der Waals surface area (Å²) in [6.45, 7) is 2.24. The molecule has 0 heterocycles. The average Bonchev–Trinajstić information content (AvgIpc) is 3.12. The van der Waals surface area contributed by atoms with Gasteiger partial charge in [-0.3, -0.25) is 0 Å². The molecule has 54 heavy (non-hydrogen) atoms. The van der Waals surface area contributed by atoms with Crippen LogP contribution in [-0.4, -0.2) is 0 Å². The zero-order chi connectivity index (χ0) is 38.8. The Morgan fingerprint density at radius 2 is 1.04 bits per heavy atom. The fourth-order valence-corrected chi connectivity index (χ4v) is 7.61. The molecule has 0 radical (unpaired) electrons. The molecule has 0 saturated heterocycles. The van der Waals surface area contributed by atoms with Crippen LogP contribution in [0.15, 0.2) is 60.7 Å². The monoisotopic (exact) mass is 762 g/mol. The van der Waals surface area contributed by atoms with Gasteiger partial charge in [0.25, 0.3) is 0 Å². The van der Waals surface area contributed by atoms with Crippen molar-refractivity contribution in [3.05, 3.63) is 113 Å². The maximum absolute atomic E-state index is 15.4. The van der Waals surface area contributed by atoms with Gasteiger partial charge in [-0.1, -0.05) is 108 Å². The Bertz CT molecular complexity index is 1800. The largest absolute Gasteiger partial charge is 0.432 e. The van der Waals surface area contributed by atoms with E-state index in [0.717, 1.165) is 43.4 Å². The van der Waals surface area contributed by atoms with Crippen LogP contribution in [0.3, 0.4) is 0 Å². The quantitative estimate of drug-likeness (QED) is 0.0557. The third-order valence-electron chi connectivity index (χ3n) is 10.7. The van der Waals surface area contributed by atoms with Crippen molar-refractivity contribution in [2.45, 2.75) is 122 Å². The van der Waals surface area contributed by atoms with Crippen molar-refractivity contribution >= 4 is 0 Å². The minimum absolute atomic E-state index is 0.0926. The number of ether oxygens (including phenoxy) is 1. The molecule has 0 N–H and O–H groups in total. The van der Waals surface area contributed by atoms with Crippen molar-refractivity contribution < 1.29 is 44.3 Å². The van der Waals surface area contributed by atoms with Gasteiger partial charge in [0.1, 0.15) is 34.6 Å². The molecule has 5 rings (SSSR count). The SMILES string of the molecule is CCCCCCCCCCCCCC1CCC(c2ccc(-c3ccc(-c4cc(F)c(C(F)(F)Oc5cc(F)c(F)c(F)c5)c(F)c4)c(F)c3)c(F)c2)CC1. The second kappa shape index (κ2) is 19.1. The third kappa shape index (κ3) is 10.6. The van der Waals surface area contributed by atoms with Gasteiger partial charge in [0.15, 0.2) is 17.5 Å². The Balaban J connectivity index is 1.15. The normalized spacial score (nSPS) is 16.2. The van der Waals surface area contributed by atoms with Crippen molar-refractivity contribution in [3.63, 3.8) is 0 Å². The van der Waals surface area contributed by atoms with Gasteiger partial charge in [0.05, 0.1) is 0 Å². The lowest BCUT2D eigenvalue weighted by Crippen LogP contribution is -2.25. The smallest absolute Gasteiger partial charge is 0.429 e. The first-order valence-electron chi connectivity index (χ1n) is 19.2. The molecule has 10 heteroatoms. The maximum Gasteiger partial charge on any atom is 0.432 e. The summed E-state index contributed by atoms with van der Waals surface area (Å²) < 4.78 is 134. The van der Waals surface area contributed by atoms with Crippen molar-refractivity contribution in [3.8, 4) is 28.0 Å². The molecular weight excluding hydrogens is 715 g/mol. The van der Waals surface area contributed by atoms with Crippen LogP contribution in [0.1, 0.15) is 127 Å². The molecule has 0 unspecified atom stereocenters. The Hall–Kier alpha value is -3.95. The zero-order valence-electron chi connectivity index (χ0n) is 30.6. The van der Waals surface area contributed by atoms with Crippen LogP contribution in [0.5, 0.6) is 5.75 Å². The highest BCUT2D eigenvalue weighted by Gasteiger charge is 2.41. The van der Waals surface area contributed by atoms with Gasteiger partial charge in [-0.05, 0) is 78.5 Å². The number of halogens is 9. The van der Waals surface area contributed by atoms with E-state index >= 15 is 8.78 Å². The summed E-state index contributed by atoms with van der Waals surface area (Å²) in [6, 6.07) is 9.50. The van der Waals surface area contributed by atoms with E-state index in [1.54, 1.807) is 6.07 Å². The number of hydrogen-bond acceptors (Lipinski definition) is 1. The molecule has 1 fully saturated rings. The van der Waals surface area contributed by atoms with Gasteiger partial charge in [0, 0.05) is 23.3 Å². The molecule has 0 atom stereocenters. The van der Waals surface area contributed by atoms with Crippen molar-refractivity contribution in [2.24, 2.45) is 5.92 Å². The molecule has 4 aromatic rings. The van der Waals surface area contributed by atoms with Crippen molar-refractivity contribution in [2.75, 3.05) is 0 Å². The van der Waals surface area contributed by atoms with Crippen LogP contribution < -0.4 is 4.74 Å². The van der Waals surface area contributed by atoms with E-state index in [-0.39, 0.29) is 34.7 Å². The summed E-state index contributed by atoms with van der Waals surface area (Å²) in [6.07, 6.45) is 15.2. The van der Waals surface area contributed by atoms with E-state index in [0.29, 0.717) is 18.1 Å². The molecule has 1 nitrogen and oxygen atoms in total. The highest BCUT2D eigenvalue weighted by atomic mass is 19.3. The summed E-state index contributed by atoms with van der Waals surface area (Å²) >= 11 is 0. The Labute approximate surface area is 311 Å². The van der Waals surface area contributed by atoms with Gasteiger partial charge < -0.3 is 4.74 Å². The molecule has 0 aromatic heterocycles. The molecule has 0 aliphatic heterocycles. The summed E-state index contributed by atoms with van der Waals surface area (Å²) in [5.41, 5.74) is -1.50. The molecule has 0 bridgehead atoms. The van der Waals surface area contributed by atoms with E-state index in [2.05, 4.69) is 11.7 Å². The van der Waals surface area contributed by atoms with E-state index in [1.807, 2.05) is 6.07 Å². The van der Waals surface area contributed by atoms with Gasteiger partial charge in [-0.15, -0.1) is 0 Å². The minimum atomic E-state index is -4.79. The Kier molecular flexibility index (Phi) is 14.6. The lowest BCUT2D eigenvalue weighted by atomic mass is 9.77. The first-order chi connectivity index (χ1) is 25.9. The topological polar surface area (TPSA) is 9.23 Å². The van der Waals surface area contributed by atoms with Gasteiger partial charge in [-0.25, -0.2) is 30.7 Å². The van der Waals surface area contributed by atoms with Crippen LogP contribution >= 0.6 is 0 Å². The zero-order valence-corrected chi connectivity index (χ0v) is 30.6. The minimum Gasteiger partial charge on any atom is -0.429 e. The van der Waals surface area contributed by atoms with Crippen LogP contribution in [0.25, 0.3) is 22.3 Å². The predicted molar refractivity (Wildman–Crippen MR) is 194 cm³/mol. The average molecular weight is 763 g/mol. The van der Waals surface area contributed by atoms with E-state index in [9.17, 15) is 30.7 Å². The number of alkyl halides is 2. The molecule has 1 aliphatic rings.